The Morgan fingerprint density at radius 1 is 1.15 bits per heavy atom. The zero-order valence-electron chi connectivity index (χ0n) is 14.1. The highest BCUT2D eigenvalue weighted by Gasteiger charge is 2.25. The zero-order valence-corrected chi connectivity index (χ0v) is 14.9. The molecular weight excluding hydrogens is 360 g/mol. The van der Waals surface area contributed by atoms with E-state index in [-0.39, 0.29) is 11.7 Å². The molecule has 0 bridgehead atoms. The molecule has 1 atom stereocenters. The van der Waals surface area contributed by atoms with Crippen LogP contribution in [-0.4, -0.2) is 30.6 Å². The summed E-state index contributed by atoms with van der Waals surface area (Å²) < 4.78 is 26.6. The maximum absolute atomic E-state index is 13.7. The summed E-state index contributed by atoms with van der Waals surface area (Å²) in [5.74, 6) is -1.51. The van der Waals surface area contributed by atoms with E-state index in [2.05, 4.69) is 15.5 Å². The van der Waals surface area contributed by atoms with Crippen molar-refractivity contribution < 1.29 is 13.6 Å². The molecule has 0 unspecified atom stereocenters. The number of anilines is 1. The molecule has 0 spiro atoms. The summed E-state index contributed by atoms with van der Waals surface area (Å²) in [7, 11) is 0. The van der Waals surface area contributed by atoms with Gasteiger partial charge in [-0.15, -0.1) is 0 Å². The van der Waals surface area contributed by atoms with E-state index in [1.54, 1.807) is 0 Å². The number of hydrogen-bond acceptors (Lipinski definition) is 2. The van der Waals surface area contributed by atoms with Crippen LogP contribution in [0.1, 0.15) is 24.4 Å². The van der Waals surface area contributed by atoms with Gasteiger partial charge < -0.3 is 10.6 Å². The molecular formula is C19H20ClF2N3O. The van der Waals surface area contributed by atoms with Gasteiger partial charge in [-0.1, -0.05) is 29.8 Å². The largest absolute Gasteiger partial charge is 0.336 e. The van der Waals surface area contributed by atoms with E-state index in [0.29, 0.717) is 11.6 Å². The highest BCUT2D eigenvalue weighted by molar-refractivity contribution is 6.31. The Morgan fingerprint density at radius 3 is 2.58 bits per heavy atom. The fourth-order valence-corrected chi connectivity index (χ4v) is 3.44. The molecule has 0 radical (unpaired) electrons. The normalized spacial score (nSPS) is 15.7. The lowest BCUT2D eigenvalue weighted by molar-refractivity contribution is 0.227. The fourth-order valence-electron chi connectivity index (χ4n) is 3.18. The Hall–Kier alpha value is -2.18. The van der Waals surface area contributed by atoms with Crippen molar-refractivity contribution in [2.75, 3.05) is 25.0 Å². The minimum atomic E-state index is -0.817. The van der Waals surface area contributed by atoms with Crippen molar-refractivity contribution >= 4 is 23.3 Å². The molecule has 4 nitrogen and oxygen atoms in total. The predicted molar refractivity (Wildman–Crippen MR) is 98.4 cm³/mol. The van der Waals surface area contributed by atoms with Gasteiger partial charge in [0.2, 0.25) is 0 Å². The molecule has 0 aliphatic carbocycles. The van der Waals surface area contributed by atoms with Crippen LogP contribution in [0.3, 0.4) is 0 Å². The van der Waals surface area contributed by atoms with Gasteiger partial charge in [0.05, 0.1) is 11.7 Å². The monoisotopic (exact) mass is 379 g/mol. The smallest absolute Gasteiger partial charge is 0.319 e. The molecule has 138 valence electrons. The Labute approximate surface area is 156 Å². The molecule has 1 fully saturated rings. The first-order valence-electron chi connectivity index (χ1n) is 8.53. The zero-order chi connectivity index (χ0) is 18.5. The number of nitrogens with zero attached hydrogens (tertiary/aromatic N) is 1. The molecule has 1 aliphatic heterocycles. The van der Waals surface area contributed by atoms with E-state index in [0.717, 1.165) is 43.6 Å². The number of hydrogen-bond donors (Lipinski definition) is 2. The second-order valence-electron chi connectivity index (χ2n) is 6.24. The van der Waals surface area contributed by atoms with Gasteiger partial charge in [-0.3, -0.25) is 4.90 Å². The Balaban J connectivity index is 1.67. The number of urea groups is 1. The van der Waals surface area contributed by atoms with Gasteiger partial charge in [0, 0.05) is 17.6 Å². The summed E-state index contributed by atoms with van der Waals surface area (Å²) in [6.45, 7) is 2.20. The maximum atomic E-state index is 13.7. The first kappa shape index (κ1) is 18.6. The Bertz CT molecular complexity index is 781. The van der Waals surface area contributed by atoms with Crippen molar-refractivity contribution in [1.29, 1.82) is 0 Å². The van der Waals surface area contributed by atoms with E-state index >= 15 is 0 Å². The lowest BCUT2D eigenvalue weighted by Gasteiger charge is -2.29. The molecule has 0 saturated carbocycles. The van der Waals surface area contributed by atoms with Crippen molar-refractivity contribution in [1.82, 2.24) is 10.2 Å². The van der Waals surface area contributed by atoms with Crippen LogP contribution in [-0.2, 0) is 0 Å². The van der Waals surface area contributed by atoms with Gasteiger partial charge in [0.25, 0.3) is 0 Å². The highest BCUT2D eigenvalue weighted by Crippen LogP contribution is 2.29. The van der Waals surface area contributed by atoms with Crippen LogP contribution in [0.15, 0.2) is 42.5 Å². The number of amides is 2. The lowest BCUT2D eigenvalue weighted by atomic mass is 10.1. The van der Waals surface area contributed by atoms with E-state index < -0.39 is 17.7 Å². The third-order valence-corrected chi connectivity index (χ3v) is 4.83. The summed E-state index contributed by atoms with van der Waals surface area (Å²) >= 11 is 6.34. The van der Waals surface area contributed by atoms with Crippen LogP contribution in [0, 0.1) is 11.6 Å². The van der Waals surface area contributed by atoms with Crippen molar-refractivity contribution in [3.05, 3.63) is 64.7 Å². The van der Waals surface area contributed by atoms with Gasteiger partial charge in [-0.25, -0.2) is 13.6 Å². The standard InChI is InChI=1S/C19H20ClF2N3O/c20-15-6-2-1-5-14(15)18(25-9-3-4-10-25)12-23-19(26)24-17-8-7-13(21)11-16(17)22/h1-2,5-8,11,18H,3-4,9-10,12H2,(H2,23,24,26)/t18-/m1/s1. The van der Waals surface area contributed by atoms with E-state index in [1.165, 1.54) is 6.07 Å². The third-order valence-electron chi connectivity index (χ3n) is 4.48. The topological polar surface area (TPSA) is 44.4 Å². The van der Waals surface area contributed by atoms with Gasteiger partial charge in [0.15, 0.2) is 0 Å². The average molecular weight is 380 g/mol. The number of likely N-dealkylation sites (tertiary alicyclic amines) is 1. The predicted octanol–water partition coefficient (Wildman–Crippen LogP) is 4.58. The van der Waals surface area contributed by atoms with Crippen LogP contribution in [0.2, 0.25) is 5.02 Å². The quantitative estimate of drug-likeness (QED) is 0.798. The second kappa shape index (κ2) is 8.47. The van der Waals surface area contributed by atoms with Crippen LogP contribution in [0.25, 0.3) is 0 Å². The Morgan fingerprint density at radius 2 is 1.88 bits per heavy atom. The van der Waals surface area contributed by atoms with E-state index in [1.807, 2.05) is 24.3 Å². The highest BCUT2D eigenvalue weighted by atomic mass is 35.5. The van der Waals surface area contributed by atoms with Gasteiger partial charge in [0.1, 0.15) is 11.6 Å². The van der Waals surface area contributed by atoms with Crippen LogP contribution < -0.4 is 10.6 Å². The number of carbonyl (C=O) groups excluding carboxylic acids is 1. The van der Waals surface area contributed by atoms with Crippen LogP contribution >= 0.6 is 11.6 Å². The number of nitrogens with one attached hydrogen (secondary N) is 2. The summed E-state index contributed by atoms with van der Waals surface area (Å²) in [5, 5.41) is 5.82. The SMILES string of the molecule is O=C(NC[C@H](c1ccccc1Cl)N1CCCC1)Nc1ccc(F)cc1F. The molecule has 2 N–H and O–H groups in total. The lowest BCUT2D eigenvalue weighted by Crippen LogP contribution is -2.38. The molecule has 7 heteroatoms. The minimum Gasteiger partial charge on any atom is -0.336 e. The number of halogens is 3. The molecule has 1 heterocycles. The molecule has 26 heavy (non-hydrogen) atoms. The van der Waals surface area contributed by atoms with Crippen molar-refractivity contribution in [3.8, 4) is 0 Å². The molecule has 2 amide bonds. The van der Waals surface area contributed by atoms with Gasteiger partial charge >= 0.3 is 6.03 Å². The summed E-state index contributed by atoms with van der Waals surface area (Å²) in [6, 6.07) is 9.96. The van der Waals surface area contributed by atoms with Crippen molar-refractivity contribution in [2.24, 2.45) is 0 Å². The second-order valence-corrected chi connectivity index (χ2v) is 6.65. The van der Waals surface area contributed by atoms with E-state index in [9.17, 15) is 13.6 Å². The average Bonchev–Trinajstić information content (AvgIpc) is 3.13. The first-order valence-corrected chi connectivity index (χ1v) is 8.91. The minimum absolute atomic E-state index is 0.0602. The van der Waals surface area contributed by atoms with Crippen molar-refractivity contribution in [3.63, 3.8) is 0 Å². The van der Waals surface area contributed by atoms with E-state index in [4.69, 9.17) is 11.6 Å². The van der Waals surface area contributed by atoms with Crippen LogP contribution in [0.5, 0.6) is 0 Å². The van der Waals surface area contributed by atoms with Gasteiger partial charge in [-0.05, 0) is 49.7 Å². The molecule has 2 aromatic rings. The van der Waals surface area contributed by atoms with Crippen LogP contribution in [0.4, 0.5) is 19.3 Å². The fraction of sp³-hybridized carbons (Fsp3) is 0.316. The molecule has 0 aromatic heterocycles. The summed E-state index contributed by atoms with van der Waals surface area (Å²) in [6.07, 6.45) is 2.21. The van der Waals surface area contributed by atoms with Gasteiger partial charge in [-0.2, -0.15) is 0 Å². The summed E-state index contributed by atoms with van der Waals surface area (Å²) in [4.78, 5) is 14.4. The summed E-state index contributed by atoms with van der Waals surface area (Å²) in [5.41, 5.74) is 0.878. The Kier molecular flexibility index (Phi) is 6.06. The van der Waals surface area contributed by atoms with Crippen molar-refractivity contribution in [2.45, 2.75) is 18.9 Å². The molecule has 3 rings (SSSR count). The number of carbonyl (C=O) groups is 1. The molecule has 2 aromatic carbocycles. The first-order chi connectivity index (χ1) is 12.5. The maximum Gasteiger partial charge on any atom is 0.319 e. The third kappa shape index (κ3) is 4.51. The number of benzene rings is 2. The molecule has 1 aliphatic rings. The molecule has 1 saturated heterocycles. The number of rotatable bonds is 5.